The van der Waals surface area contributed by atoms with Crippen LogP contribution in [0.5, 0.6) is 0 Å². The Morgan fingerprint density at radius 2 is 2.04 bits per heavy atom. The smallest absolute Gasteiger partial charge is 0.326 e. The number of carbonyl (C=O) groups is 2. The van der Waals surface area contributed by atoms with Crippen LogP contribution in [0.3, 0.4) is 0 Å². The van der Waals surface area contributed by atoms with Crippen LogP contribution in [0.15, 0.2) is 6.08 Å². The average Bonchev–Trinajstić information content (AvgIpc) is 3.04. The molecule has 0 spiro atoms. The quantitative estimate of drug-likeness (QED) is 0.849. The van der Waals surface area contributed by atoms with Gasteiger partial charge in [0.25, 0.3) is 0 Å². The molecule has 1 saturated carbocycles. The van der Waals surface area contributed by atoms with Crippen LogP contribution in [-0.4, -0.2) is 43.7 Å². The summed E-state index contributed by atoms with van der Waals surface area (Å²) in [6.45, 7) is 1.82. The van der Waals surface area contributed by atoms with Crippen LogP contribution in [0, 0.1) is 12.8 Å². The highest BCUT2D eigenvalue weighted by Crippen LogP contribution is 2.40. The Labute approximate surface area is 146 Å². The first kappa shape index (κ1) is 17.0. The van der Waals surface area contributed by atoms with Crippen molar-refractivity contribution < 1.29 is 14.7 Å². The molecule has 3 rings (SSSR count). The lowest BCUT2D eigenvalue weighted by atomic mass is 9.85. The van der Waals surface area contributed by atoms with Crippen LogP contribution in [0.1, 0.15) is 43.4 Å². The Balaban J connectivity index is 1.84. The molecular weight excluding hydrogens is 330 g/mol. The molecule has 7 heteroatoms. The highest BCUT2D eigenvalue weighted by Gasteiger charge is 2.46. The van der Waals surface area contributed by atoms with E-state index >= 15 is 0 Å². The van der Waals surface area contributed by atoms with E-state index in [9.17, 15) is 14.7 Å². The van der Waals surface area contributed by atoms with E-state index in [4.69, 9.17) is 11.6 Å². The summed E-state index contributed by atoms with van der Waals surface area (Å²) in [6, 6.07) is -0.678. The Kier molecular flexibility index (Phi) is 4.67. The Morgan fingerprint density at radius 1 is 1.33 bits per heavy atom. The molecule has 0 radical (unpaired) electrons. The number of amides is 1. The fourth-order valence-corrected chi connectivity index (χ4v) is 4.31. The summed E-state index contributed by atoms with van der Waals surface area (Å²) in [6.07, 6.45) is 7.71. The Morgan fingerprint density at radius 3 is 2.67 bits per heavy atom. The van der Waals surface area contributed by atoms with Crippen molar-refractivity contribution in [1.29, 1.82) is 0 Å². The van der Waals surface area contributed by atoms with Crippen molar-refractivity contribution in [3.63, 3.8) is 0 Å². The number of carbonyl (C=O) groups excluding carboxylic acids is 1. The lowest BCUT2D eigenvalue weighted by molar-refractivity contribution is -0.147. The molecule has 3 atom stereocenters. The van der Waals surface area contributed by atoms with Gasteiger partial charge in [-0.1, -0.05) is 24.4 Å². The maximum atomic E-state index is 12.7. The number of aliphatic carboxylic acids is 1. The van der Waals surface area contributed by atoms with E-state index in [0.717, 1.165) is 31.4 Å². The highest BCUT2D eigenvalue weighted by atomic mass is 35.5. The third-order valence-electron chi connectivity index (χ3n) is 5.22. The highest BCUT2D eigenvalue weighted by molar-refractivity contribution is 6.31. The first-order valence-electron chi connectivity index (χ1n) is 8.32. The number of hydrogen-bond acceptors (Lipinski definition) is 3. The molecule has 1 saturated heterocycles. The molecule has 1 aliphatic carbocycles. The maximum Gasteiger partial charge on any atom is 0.326 e. The van der Waals surface area contributed by atoms with E-state index < -0.39 is 12.0 Å². The molecule has 2 heterocycles. The monoisotopic (exact) mass is 351 g/mol. The largest absolute Gasteiger partial charge is 0.480 e. The summed E-state index contributed by atoms with van der Waals surface area (Å²) in [4.78, 5) is 25.9. The third kappa shape index (κ3) is 2.95. The number of likely N-dealkylation sites (tertiary alicyclic amines) is 1. The SMILES string of the molecule is Cc1nn(C)c(Cl)c1C=CC(=O)N1C(C(=O)O)CC2CCCCC21. The fourth-order valence-electron chi connectivity index (χ4n) is 4.07. The van der Waals surface area contributed by atoms with Crippen LogP contribution in [-0.2, 0) is 16.6 Å². The number of aromatic nitrogens is 2. The van der Waals surface area contributed by atoms with Gasteiger partial charge in [0.05, 0.1) is 5.69 Å². The van der Waals surface area contributed by atoms with Gasteiger partial charge in [0, 0.05) is 24.7 Å². The standard InChI is InChI=1S/C17H22ClN3O3/c1-10-12(16(18)20(2)19-10)7-8-15(22)21-13-6-4-3-5-11(13)9-14(21)17(23)24/h7-8,11,13-14H,3-6,9H2,1-2H3,(H,23,24). The van der Waals surface area contributed by atoms with E-state index in [2.05, 4.69) is 5.10 Å². The molecule has 24 heavy (non-hydrogen) atoms. The number of aryl methyl sites for hydroxylation is 2. The molecule has 2 fully saturated rings. The van der Waals surface area contributed by atoms with Crippen LogP contribution in [0.25, 0.3) is 6.08 Å². The number of halogens is 1. The van der Waals surface area contributed by atoms with E-state index in [0.29, 0.717) is 23.1 Å². The zero-order valence-corrected chi connectivity index (χ0v) is 14.7. The summed E-state index contributed by atoms with van der Waals surface area (Å²) >= 11 is 6.18. The molecule has 3 unspecified atom stereocenters. The molecule has 1 aromatic heterocycles. The van der Waals surface area contributed by atoms with Gasteiger partial charge in [0.15, 0.2) is 0 Å². The minimum atomic E-state index is -0.915. The van der Waals surface area contributed by atoms with Gasteiger partial charge >= 0.3 is 5.97 Å². The van der Waals surface area contributed by atoms with Gasteiger partial charge in [-0.25, -0.2) is 4.79 Å². The van der Waals surface area contributed by atoms with Gasteiger partial charge in [0.1, 0.15) is 11.2 Å². The maximum absolute atomic E-state index is 12.7. The van der Waals surface area contributed by atoms with Crippen LogP contribution >= 0.6 is 11.6 Å². The number of nitrogens with zero attached hydrogens (tertiary/aromatic N) is 3. The van der Waals surface area contributed by atoms with Crippen molar-refractivity contribution >= 4 is 29.6 Å². The van der Waals surface area contributed by atoms with Crippen molar-refractivity contribution in [1.82, 2.24) is 14.7 Å². The second kappa shape index (κ2) is 6.59. The zero-order chi connectivity index (χ0) is 17.4. The van der Waals surface area contributed by atoms with Gasteiger partial charge in [-0.3, -0.25) is 9.48 Å². The lowest BCUT2D eigenvalue weighted by Crippen LogP contribution is -2.45. The summed E-state index contributed by atoms with van der Waals surface area (Å²) in [5.74, 6) is -0.862. The first-order chi connectivity index (χ1) is 11.4. The molecule has 130 valence electrons. The van der Waals surface area contributed by atoms with Crippen LogP contribution < -0.4 is 0 Å². The predicted molar refractivity (Wildman–Crippen MR) is 90.6 cm³/mol. The van der Waals surface area contributed by atoms with Gasteiger partial charge in [-0.05, 0) is 38.2 Å². The lowest BCUT2D eigenvalue weighted by Gasteiger charge is -2.32. The molecule has 2 aliphatic rings. The number of hydrogen-bond donors (Lipinski definition) is 1. The minimum Gasteiger partial charge on any atom is -0.480 e. The van der Waals surface area contributed by atoms with Crippen LogP contribution in [0.4, 0.5) is 0 Å². The van der Waals surface area contributed by atoms with Gasteiger partial charge in [-0.2, -0.15) is 5.10 Å². The Hall–Kier alpha value is -1.82. The minimum absolute atomic E-state index is 0.0440. The molecule has 0 bridgehead atoms. The van der Waals surface area contributed by atoms with Crippen molar-refractivity contribution in [2.24, 2.45) is 13.0 Å². The van der Waals surface area contributed by atoms with Crippen molar-refractivity contribution in [2.45, 2.75) is 51.1 Å². The molecule has 1 aromatic rings. The molecular formula is C17H22ClN3O3. The van der Waals surface area contributed by atoms with E-state index in [1.165, 1.54) is 6.08 Å². The van der Waals surface area contributed by atoms with Gasteiger partial charge < -0.3 is 10.0 Å². The zero-order valence-electron chi connectivity index (χ0n) is 13.9. The van der Waals surface area contributed by atoms with Gasteiger partial charge in [-0.15, -0.1) is 0 Å². The van der Waals surface area contributed by atoms with E-state index in [1.807, 2.05) is 6.92 Å². The third-order valence-corrected chi connectivity index (χ3v) is 5.66. The average molecular weight is 352 g/mol. The number of rotatable bonds is 3. The number of carboxylic acid groups (broad SMARTS) is 1. The normalized spacial score (nSPS) is 26.8. The second-order valence-electron chi connectivity index (χ2n) is 6.69. The fraction of sp³-hybridized carbons (Fsp3) is 0.588. The summed E-state index contributed by atoms with van der Waals surface area (Å²) in [7, 11) is 1.74. The van der Waals surface area contributed by atoms with Crippen molar-refractivity contribution in [3.05, 3.63) is 22.5 Å². The van der Waals surface area contributed by atoms with Crippen molar-refractivity contribution in [3.8, 4) is 0 Å². The summed E-state index contributed by atoms with van der Waals surface area (Å²) < 4.78 is 1.55. The number of carboxylic acids is 1. The van der Waals surface area contributed by atoms with Crippen molar-refractivity contribution in [2.75, 3.05) is 0 Å². The van der Waals surface area contributed by atoms with Gasteiger partial charge in [0.2, 0.25) is 5.91 Å². The molecule has 1 amide bonds. The Bertz CT molecular complexity index is 697. The first-order valence-corrected chi connectivity index (χ1v) is 8.70. The summed E-state index contributed by atoms with van der Waals surface area (Å²) in [5, 5.41) is 14.2. The molecule has 6 nitrogen and oxygen atoms in total. The predicted octanol–water partition coefficient (Wildman–Crippen LogP) is 2.64. The topological polar surface area (TPSA) is 75.4 Å². The van der Waals surface area contributed by atoms with E-state index in [1.54, 1.807) is 22.7 Å². The molecule has 1 aliphatic heterocycles. The number of fused-ring (bicyclic) bond motifs is 1. The van der Waals surface area contributed by atoms with Crippen LogP contribution in [0.2, 0.25) is 5.15 Å². The van der Waals surface area contributed by atoms with E-state index in [-0.39, 0.29) is 11.9 Å². The summed E-state index contributed by atoms with van der Waals surface area (Å²) in [5.41, 5.74) is 1.43. The molecule has 1 N–H and O–H groups in total. The second-order valence-corrected chi connectivity index (χ2v) is 7.05. The molecule has 0 aromatic carbocycles.